The van der Waals surface area contributed by atoms with Gasteiger partial charge in [0.15, 0.2) is 5.71 Å². The van der Waals surface area contributed by atoms with Gasteiger partial charge in [-0.2, -0.15) is 18.3 Å². The van der Waals surface area contributed by atoms with E-state index < -0.39 is 41.5 Å². The van der Waals surface area contributed by atoms with Crippen LogP contribution in [-0.4, -0.2) is 29.5 Å². The minimum atomic E-state index is -4.64. The molecule has 0 saturated carbocycles. The molecule has 2 aliphatic rings. The average molecular weight is 417 g/mol. The monoisotopic (exact) mass is 417 g/mol. The first kappa shape index (κ1) is 19.6. The number of hydrogen-bond acceptors (Lipinski definition) is 6. The first-order chi connectivity index (χ1) is 14.3. The Hall–Kier alpha value is -3.69. The van der Waals surface area contributed by atoms with E-state index in [1.54, 1.807) is 30.3 Å². The summed E-state index contributed by atoms with van der Waals surface area (Å²) in [5, 5.41) is 3.76. The topological polar surface area (TPSA) is 88.1 Å². The number of hydrazone groups is 1. The van der Waals surface area contributed by atoms with Gasteiger partial charge in [-0.1, -0.05) is 36.4 Å². The maximum atomic E-state index is 13.0. The average Bonchev–Trinajstić information content (AvgIpc) is 3.27. The number of esters is 1. The standard InChI is InChI=1S/C20H14F3N3O4/c21-20(22,23)12-7-4-8-13(9-12)26-17(27)14-15(18(26)28)24-25-16(14)19(29)30-10-11-5-2-1-3-6-11/h1-9,14-15,24H,10H2/t14-,15+/m1/s1. The Balaban J connectivity index is 1.54. The highest BCUT2D eigenvalue weighted by molar-refractivity contribution is 6.46. The van der Waals surface area contributed by atoms with Gasteiger partial charge in [-0.3, -0.25) is 15.0 Å². The molecule has 2 aliphatic heterocycles. The van der Waals surface area contributed by atoms with Gasteiger partial charge in [0.05, 0.1) is 11.3 Å². The third-order valence-corrected chi connectivity index (χ3v) is 4.78. The van der Waals surface area contributed by atoms with E-state index in [9.17, 15) is 27.6 Å². The fraction of sp³-hybridized carbons (Fsp3) is 0.200. The largest absolute Gasteiger partial charge is 0.456 e. The van der Waals surface area contributed by atoms with Gasteiger partial charge in [0.1, 0.15) is 18.6 Å². The molecule has 4 rings (SSSR count). The van der Waals surface area contributed by atoms with Crippen LogP contribution in [0.4, 0.5) is 18.9 Å². The van der Waals surface area contributed by atoms with Crippen molar-refractivity contribution in [3.63, 3.8) is 0 Å². The maximum absolute atomic E-state index is 13.0. The second-order valence-electron chi connectivity index (χ2n) is 6.70. The van der Waals surface area contributed by atoms with Crippen LogP contribution in [0.25, 0.3) is 0 Å². The van der Waals surface area contributed by atoms with Crippen LogP contribution in [-0.2, 0) is 31.9 Å². The van der Waals surface area contributed by atoms with Gasteiger partial charge in [-0.25, -0.2) is 9.69 Å². The van der Waals surface area contributed by atoms with Crippen molar-refractivity contribution in [3.8, 4) is 0 Å². The smallest absolute Gasteiger partial charge is 0.416 e. The van der Waals surface area contributed by atoms with Crippen LogP contribution in [0.2, 0.25) is 0 Å². The van der Waals surface area contributed by atoms with Crippen molar-refractivity contribution in [2.45, 2.75) is 18.8 Å². The summed E-state index contributed by atoms with van der Waals surface area (Å²) < 4.78 is 44.1. The molecule has 2 heterocycles. The zero-order valence-corrected chi connectivity index (χ0v) is 15.2. The van der Waals surface area contributed by atoms with Crippen LogP contribution < -0.4 is 10.3 Å². The highest BCUT2D eigenvalue weighted by atomic mass is 19.4. The van der Waals surface area contributed by atoms with E-state index in [1.165, 1.54) is 6.07 Å². The van der Waals surface area contributed by atoms with E-state index in [0.717, 1.165) is 12.1 Å². The van der Waals surface area contributed by atoms with Gasteiger partial charge >= 0.3 is 12.1 Å². The lowest BCUT2D eigenvalue weighted by Gasteiger charge is -2.17. The predicted molar refractivity (Wildman–Crippen MR) is 98.0 cm³/mol. The highest BCUT2D eigenvalue weighted by Gasteiger charge is 2.56. The van der Waals surface area contributed by atoms with Crippen molar-refractivity contribution in [2.75, 3.05) is 4.90 Å². The van der Waals surface area contributed by atoms with Crippen molar-refractivity contribution >= 4 is 29.2 Å². The van der Waals surface area contributed by atoms with Crippen LogP contribution in [0.5, 0.6) is 0 Å². The number of imide groups is 1. The third-order valence-electron chi connectivity index (χ3n) is 4.78. The van der Waals surface area contributed by atoms with E-state index in [0.29, 0.717) is 16.5 Å². The molecule has 0 aromatic heterocycles. The van der Waals surface area contributed by atoms with Gasteiger partial charge in [0.25, 0.3) is 5.91 Å². The summed E-state index contributed by atoms with van der Waals surface area (Å²) in [6, 6.07) is 11.5. The zero-order valence-electron chi connectivity index (χ0n) is 15.2. The number of nitrogens with one attached hydrogen (secondary N) is 1. The Kier molecular flexibility index (Phi) is 4.76. The van der Waals surface area contributed by atoms with Crippen LogP contribution in [0, 0.1) is 5.92 Å². The molecule has 154 valence electrons. The maximum Gasteiger partial charge on any atom is 0.416 e. The molecule has 10 heteroatoms. The number of carbonyl (C=O) groups is 3. The summed E-state index contributed by atoms with van der Waals surface area (Å²) in [4.78, 5) is 38.5. The summed E-state index contributed by atoms with van der Waals surface area (Å²) in [6.07, 6.45) is -4.64. The Bertz CT molecular complexity index is 1050. The fourth-order valence-corrected chi connectivity index (χ4v) is 3.33. The van der Waals surface area contributed by atoms with Crippen LogP contribution in [0.1, 0.15) is 11.1 Å². The van der Waals surface area contributed by atoms with E-state index in [4.69, 9.17) is 4.74 Å². The number of ether oxygens (including phenoxy) is 1. The molecule has 1 saturated heterocycles. The number of rotatable bonds is 4. The molecule has 0 spiro atoms. The Morgan fingerprint density at radius 1 is 1.07 bits per heavy atom. The second-order valence-corrected chi connectivity index (χ2v) is 6.70. The summed E-state index contributed by atoms with van der Waals surface area (Å²) in [7, 11) is 0. The molecule has 2 atom stereocenters. The van der Waals surface area contributed by atoms with Gasteiger partial charge in [0.2, 0.25) is 5.91 Å². The summed E-state index contributed by atoms with van der Waals surface area (Å²) in [5.74, 6) is -3.79. The number of amides is 2. The van der Waals surface area contributed by atoms with Gasteiger partial charge < -0.3 is 4.74 Å². The number of halogens is 3. The zero-order chi connectivity index (χ0) is 21.5. The number of anilines is 1. The molecular formula is C20H14F3N3O4. The van der Waals surface area contributed by atoms with Gasteiger partial charge in [-0.15, -0.1) is 0 Å². The number of alkyl halides is 3. The minimum absolute atomic E-state index is 0.0600. The van der Waals surface area contributed by atoms with Crippen LogP contribution >= 0.6 is 0 Å². The summed E-state index contributed by atoms with van der Waals surface area (Å²) in [6.45, 7) is -0.0600. The van der Waals surface area contributed by atoms with Crippen molar-refractivity contribution in [1.29, 1.82) is 0 Å². The molecule has 30 heavy (non-hydrogen) atoms. The Labute approximate surface area is 168 Å². The van der Waals surface area contributed by atoms with E-state index in [2.05, 4.69) is 10.5 Å². The van der Waals surface area contributed by atoms with Gasteiger partial charge in [-0.05, 0) is 23.8 Å². The van der Waals surface area contributed by atoms with E-state index in [1.807, 2.05) is 0 Å². The molecule has 2 amide bonds. The number of nitrogens with zero attached hydrogens (tertiary/aromatic N) is 2. The quantitative estimate of drug-likeness (QED) is 0.609. The molecule has 0 radical (unpaired) electrons. The number of hydrogen-bond donors (Lipinski definition) is 1. The van der Waals surface area contributed by atoms with Crippen molar-refractivity contribution < 1.29 is 32.3 Å². The normalized spacial score (nSPS) is 20.6. The van der Waals surface area contributed by atoms with E-state index >= 15 is 0 Å². The number of carbonyl (C=O) groups excluding carboxylic acids is 3. The van der Waals surface area contributed by atoms with Crippen molar-refractivity contribution in [1.82, 2.24) is 5.43 Å². The summed E-state index contributed by atoms with van der Waals surface area (Å²) >= 11 is 0. The molecule has 2 aromatic carbocycles. The highest BCUT2D eigenvalue weighted by Crippen LogP contribution is 2.35. The number of fused-ring (bicyclic) bond motifs is 1. The Morgan fingerprint density at radius 3 is 2.50 bits per heavy atom. The van der Waals surface area contributed by atoms with Gasteiger partial charge in [0, 0.05) is 0 Å². The lowest BCUT2D eigenvalue weighted by molar-refractivity contribution is -0.138. The van der Waals surface area contributed by atoms with Crippen molar-refractivity contribution in [2.24, 2.45) is 11.0 Å². The molecule has 0 bridgehead atoms. The lowest BCUT2D eigenvalue weighted by Crippen LogP contribution is -2.36. The minimum Gasteiger partial charge on any atom is -0.456 e. The number of benzene rings is 2. The third kappa shape index (κ3) is 3.40. The summed E-state index contributed by atoms with van der Waals surface area (Å²) in [5.41, 5.74) is 1.63. The molecule has 7 nitrogen and oxygen atoms in total. The Morgan fingerprint density at radius 2 is 1.80 bits per heavy atom. The first-order valence-corrected chi connectivity index (χ1v) is 8.86. The fourth-order valence-electron chi connectivity index (χ4n) is 3.33. The molecule has 2 aromatic rings. The molecular weight excluding hydrogens is 403 g/mol. The SMILES string of the molecule is O=C(OCc1ccccc1)C1=NN[C@@H]2C(=O)N(c3cccc(C(F)(F)F)c3)C(=O)[C@@H]12. The lowest BCUT2D eigenvalue weighted by atomic mass is 9.99. The first-order valence-electron chi connectivity index (χ1n) is 8.86. The van der Waals surface area contributed by atoms with Crippen LogP contribution in [0.3, 0.4) is 0 Å². The molecule has 1 N–H and O–H groups in total. The van der Waals surface area contributed by atoms with Crippen LogP contribution in [0.15, 0.2) is 59.7 Å². The molecule has 1 fully saturated rings. The van der Waals surface area contributed by atoms with E-state index in [-0.39, 0.29) is 18.0 Å². The molecule has 0 aliphatic carbocycles. The molecule has 0 unspecified atom stereocenters. The second kappa shape index (κ2) is 7.29. The predicted octanol–water partition coefficient (Wildman–Crippen LogP) is 2.27. The van der Waals surface area contributed by atoms with Crippen molar-refractivity contribution in [3.05, 3.63) is 65.7 Å².